The summed E-state index contributed by atoms with van der Waals surface area (Å²) in [6, 6.07) is 14.5. The third kappa shape index (κ3) is 6.97. The van der Waals surface area contributed by atoms with Crippen molar-refractivity contribution >= 4 is 23.4 Å². The van der Waals surface area contributed by atoms with E-state index in [0.717, 1.165) is 30.8 Å². The Morgan fingerprint density at radius 3 is 2.68 bits per heavy atom. The molecule has 0 aliphatic carbocycles. The Labute approximate surface area is 188 Å². The highest BCUT2D eigenvalue weighted by Gasteiger charge is 2.23. The van der Waals surface area contributed by atoms with Gasteiger partial charge in [0, 0.05) is 48.8 Å². The Bertz CT molecular complexity index is 866. The molecule has 0 radical (unpaired) electrons. The summed E-state index contributed by atoms with van der Waals surface area (Å²) in [5.74, 6) is 0.638. The van der Waals surface area contributed by atoms with Crippen LogP contribution in [0.25, 0.3) is 0 Å². The van der Waals surface area contributed by atoms with Gasteiger partial charge in [-0.25, -0.2) is 0 Å². The van der Waals surface area contributed by atoms with Crippen molar-refractivity contribution in [2.24, 2.45) is 0 Å². The van der Waals surface area contributed by atoms with Crippen molar-refractivity contribution in [1.82, 2.24) is 10.2 Å². The number of rotatable bonds is 10. The molecule has 1 fully saturated rings. The molecule has 0 aromatic heterocycles. The van der Waals surface area contributed by atoms with Crippen molar-refractivity contribution in [1.29, 1.82) is 0 Å². The largest absolute Gasteiger partial charge is 0.496 e. The quantitative estimate of drug-likeness (QED) is 0.561. The van der Waals surface area contributed by atoms with E-state index in [1.807, 2.05) is 29.2 Å². The molecule has 0 unspecified atom stereocenters. The summed E-state index contributed by atoms with van der Waals surface area (Å²) in [4.78, 5) is 27.0. The van der Waals surface area contributed by atoms with Gasteiger partial charge < -0.3 is 19.7 Å². The number of methoxy groups -OCH3 is 1. The van der Waals surface area contributed by atoms with Gasteiger partial charge in [-0.05, 0) is 49.6 Å². The van der Waals surface area contributed by atoms with E-state index >= 15 is 0 Å². The molecule has 1 aliphatic rings. The highest BCUT2D eigenvalue weighted by Crippen LogP contribution is 2.22. The number of hydrogen-bond acceptors (Lipinski definition) is 4. The molecule has 2 aromatic carbocycles. The Morgan fingerprint density at radius 2 is 1.97 bits per heavy atom. The minimum Gasteiger partial charge on any atom is -0.496 e. The van der Waals surface area contributed by atoms with Crippen molar-refractivity contribution in [2.45, 2.75) is 38.3 Å². The summed E-state index contributed by atoms with van der Waals surface area (Å²) < 4.78 is 11.2. The van der Waals surface area contributed by atoms with Crippen LogP contribution in [0.2, 0.25) is 5.02 Å². The number of carbonyl (C=O) groups excluding carboxylic acids is 2. The number of nitrogens with one attached hydrogen (secondary N) is 1. The lowest BCUT2D eigenvalue weighted by molar-refractivity contribution is -0.133. The van der Waals surface area contributed by atoms with Crippen molar-refractivity contribution in [3.8, 4) is 5.75 Å². The fourth-order valence-electron chi connectivity index (χ4n) is 3.63. The molecule has 1 atom stereocenters. The normalized spacial score (nSPS) is 15.5. The minimum absolute atomic E-state index is 0.0437. The second-order valence-electron chi connectivity index (χ2n) is 7.59. The average molecular weight is 445 g/mol. The highest BCUT2D eigenvalue weighted by molar-refractivity contribution is 6.30. The van der Waals surface area contributed by atoms with Gasteiger partial charge in [-0.3, -0.25) is 9.59 Å². The topological polar surface area (TPSA) is 67.9 Å². The van der Waals surface area contributed by atoms with Crippen LogP contribution < -0.4 is 10.1 Å². The number of halogens is 1. The van der Waals surface area contributed by atoms with Gasteiger partial charge in [-0.15, -0.1) is 0 Å². The molecular weight excluding hydrogens is 416 g/mol. The first-order valence-electron chi connectivity index (χ1n) is 10.6. The zero-order valence-corrected chi connectivity index (χ0v) is 18.6. The van der Waals surface area contributed by atoms with Crippen molar-refractivity contribution in [2.75, 3.05) is 26.8 Å². The first-order valence-corrected chi connectivity index (χ1v) is 11.0. The summed E-state index contributed by atoms with van der Waals surface area (Å²) in [6.45, 7) is 2.21. The zero-order chi connectivity index (χ0) is 22.1. The fraction of sp³-hybridized carbons (Fsp3) is 0.417. The molecule has 7 heteroatoms. The van der Waals surface area contributed by atoms with E-state index in [2.05, 4.69) is 5.32 Å². The van der Waals surface area contributed by atoms with Crippen LogP contribution in [-0.2, 0) is 16.1 Å². The van der Waals surface area contributed by atoms with Crippen LogP contribution in [0.3, 0.4) is 0 Å². The van der Waals surface area contributed by atoms with Crippen LogP contribution in [0, 0.1) is 0 Å². The number of hydrogen-bond donors (Lipinski definition) is 1. The number of nitrogens with zero attached hydrogens (tertiary/aromatic N) is 1. The van der Waals surface area contributed by atoms with Crippen LogP contribution in [-0.4, -0.2) is 49.6 Å². The maximum absolute atomic E-state index is 13.0. The summed E-state index contributed by atoms with van der Waals surface area (Å²) in [5, 5.41) is 3.44. The van der Waals surface area contributed by atoms with Gasteiger partial charge in [0.15, 0.2) is 0 Å². The number of carbonyl (C=O) groups is 2. The predicted molar refractivity (Wildman–Crippen MR) is 120 cm³/mol. The van der Waals surface area contributed by atoms with E-state index in [-0.39, 0.29) is 17.9 Å². The van der Waals surface area contributed by atoms with Gasteiger partial charge in [-0.1, -0.05) is 29.8 Å². The van der Waals surface area contributed by atoms with E-state index < -0.39 is 0 Å². The zero-order valence-electron chi connectivity index (χ0n) is 17.8. The van der Waals surface area contributed by atoms with E-state index in [1.54, 1.807) is 31.4 Å². The molecule has 1 N–H and O–H groups in total. The van der Waals surface area contributed by atoms with Crippen molar-refractivity contribution in [3.05, 3.63) is 64.7 Å². The van der Waals surface area contributed by atoms with Gasteiger partial charge in [-0.2, -0.15) is 0 Å². The maximum Gasteiger partial charge on any atom is 0.251 e. The lowest BCUT2D eigenvalue weighted by Crippen LogP contribution is -2.37. The molecule has 3 rings (SSSR count). The molecule has 2 amide bonds. The Kier molecular flexibility index (Phi) is 8.74. The summed E-state index contributed by atoms with van der Waals surface area (Å²) >= 11 is 5.85. The number of ether oxygens (including phenoxy) is 2. The molecule has 31 heavy (non-hydrogen) atoms. The monoisotopic (exact) mass is 444 g/mol. The van der Waals surface area contributed by atoms with Crippen LogP contribution in [0.5, 0.6) is 5.75 Å². The molecular formula is C24H29ClN2O4. The number of amides is 2. The molecule has 166 valence electrons. The van der Waals surface area contributed by atoms with Gasteiger partial charge in [0.25, 0.3) is 5.91 Å². The molecule has 0 saturated carbocycles. The highest BCUT2D eigenvalue weighted by atomic mass is 35.5. The fourth-order valence-corrected chi connectivity index (χ4v) is 3.76. The Balaban J connectivity index is 1.53. The number of para-hydroxylation sites is 1. The minimum atomic E-state index is -0.172. The Morgan fingerprint density at radius 1 is 1.19 bits per heavy atom. The van der Waals surface area contributed by atoms with E-state index in [9.17, 15) is 9.59 Å². The number of benzene rings is 2. The van der Waals surface area contributed by atoms with Crippen LogP contribution >= 0.6 is 11.6 Å². The lowest BCUT2D eigenvalue weighted by atomic mass is 10.1. The molecule has 1 heterocycles. The van der Waals surface area contributed by atoms with E-state index in [4.69, 9.17) is 21.1 Å². The summed E-state index contributed by atoms with van der Waals surface area (Å²) in [6.07, 6.45) is 2.98. The van der Waals surface area contributed by atoms with Crippen LogP contribution in [0.4, 0.5) is 0 Å². The smallest absolute Gasteiger partial charge is 0.251 e. The van der Waals surface area contributed by atoms with Crippen molar-refractivity contribution < 1.29 is 19.1 Å². The summed E-state index contributed by atoms with van der Waals surface area (Å²) in [7, 11) is 1.63. The Hall–Kier alpha value is -2.57. The predicted octanol–water partition coefficient (Wildman–Crippen LogP) is 4.07. The van der Waals surface area contributed by atoms with Gasteiger partial charge >= 0.3 is 0 Å². The van der Waals surface area contributed by atoms with E-state index in [1.165, 1.54) is 0 Å². The summed E-state index contributed by atoms with van der Waals surface area (Å²) in [5.41, 5.74) is 1.51. The molecule has 1 aliphatic heterocycles. The lowest BCUT2D eigenvalue weighted by Gasteiger charge is -2.26. The maximum atomic E-state index is 13.0. The first-order chi connectivity index (χ1) is 15.1. The third-order valence-electron chi connectivity index (χ3n) is 5.31. The second-order valence-corrected chi connectivity index (χ2v) is 8.02. The average Bonchev–Trinajstić information content (AvgIpc) is 3.30. The molecule has 1 saturated heterocycles. The third-order valence-corrected chi connectivity index (χ3v) is 5.57. The van der Waals surface area contributed by atoms with Crippen molar-refractivity contribution in [3.63, 3.8) is 0 Å². The van der Waals surface area contributed by atoms with Gasteiger partial charge in [0.2, 0.25) is 5.91 Å². The molecule has 0 bridgehead atoms. The van der Waals surface area contributed by atoms with E-state index in [0.29, 0.717) is 43.1 Å². The van der Waals surface area contributed by atoms with Crippen LogP contribution in [0.1, 0.15) is 41.6 Å². The standard InChI is InChI=1S/C24H29ClN2O4/c1-30-22-8-3-2-6-19(22)16-27(17-21-7-5-15-31-21)23(28)9-4-14-26-24(29)18-10-12-20(25)13-11-18/h2-3,6,8,10-13,21H,4-5,7,9,14-17H2,1H3,(H,26,29)/t21-/m1/s1. The molecule has 0 spiro atoms. The first kappa shape index (κ1) is 23.1. The molecule has 2 aromatic rings. The van der Waals surface area contributed by atoms with Crippen LogP contribution in [0.15, 0.2) is 48.5 Å². The van der Waals surface area contributed by atoms with Gasteiger partial charge in [0.1, 0.15) is 5.75 Å². The SMILES string of the molecule is COc1ccccc1CN(C[C@H]1CCCO1)C(=O)CCCNC(=O)c1ccc(Cl)cc1. The molecule has 6 nitrogen and oxygen atoms in total. The second kappa shape index (κ2) is 11.7. The van der Waals surface area contributed by atoms with Gasteiger partial charge in [0.05, 0.1) is 13.2 Å².